The van der Waals surface area contributed by atoms with Crippen molar-refractivity contribution in [3.05, 3.63) is 0 Å². The van der Waals surface area contributed by atoms with Gasteiger partial charge in [0.25, 0.3) is 0 Å². The number of nitrogens with zero attached hydrogens (tertiary/aromatic N) is 1. The molecule has 8 atom stereocenters. The summed E-state index contributed by atoms with van der Waals surface area (Å²) in [5.74, 6) is 6.28. The highest BCUT2D eigenvalue weighted by molar-refractivity contribution is 7.79. The molecule has 5 rings (SSSR count). The molecule has 1 aliphatic heterocycles. The highest BCUT2D eigenvalue weighted by atomic mass is 32.1. The van der Waals surface area contributed by atoms with Gasteiger partial charge in [-0.2, -0.15) is 12.6 Å². The smallest absolute Gasteiger partial charge is 0.226 e. The van der Waals surface area contributed by atoms with Gasteiger partial charge in [0.05, 0.1) is 0 Å². The first kappa shape index (κ1) is 24.9. The number of carbonyl (C=O) groups is 1. The van der Waals surface area contributed by atoms with Crippen LogP contribution >= 0.6 is 12.6 Å². The van der Waals surface area contributed by atoms with E-state index in [1.165, 1.54) is 77.0 Å². The van der Waals surface area contributed by atoms with Crippen molar-refractivity contribution in [2.45, 2.75) is 90.9 Å². The van der Waals surface area contributed by atoms with Gasteiger partial charge in [0, 0.05) is 32.2 Å². The maximum absolute atomic E-state index is 13.5. The molecule has 0 spiro atoms. The molecule has 8 unspecified atom stereocenters. The molecule has 0 radical (unpaired) electrons. The largest absolute Gasteiger partial charge is 0.381 e. The molecule has 0 aromatic rings. The van der Waals surface area contributed by atoms with E-state index in [9.17, 15) is 4.79 Å². The lowest BCUT2D eigenvalue weighted by Crippen LogP contribution is -2.51. The Morgan fingerprint density at radius 2 is 1.69 bits per heavy atom. The van der Waals surface area contributed by atoms with Gasteiger partial charge in [-0.05, 0) is 131 Å². The molecular formula is C28H49NO2S. The van der Waals surface area contributed by atoms with Crippen LogP contribution < -0.4 is 0 Å². The van der Waals surface area contributed by atoms with Crippen LogP contribution in [0, 0.1) is 46.8 Å². The number of thiol groups is 1. The molecule has 5 aliphatic rings. The number of rotatable bonds is 4. The maximum atomic E-state index is 13.5. The predicted molar refractivity (Wildman–Crippen MR) is 136 cm³/mol. The number of ether oxygens (including phenoxy) is 1. The molecule has 1 heterocycles. The fourth-order valence-corrected chi connectivity index (χ4v) is 9.13. The molecule has 32 heavy (non-hydrogen) atoms. The van der Waals surface area contributed by atoms with Crippen molar-refractivity contribution in [1.29, 1.82) is 0 Å². The third kappa shape index (κ3) is 4.66. The van der Waals surface area contributed by atoms with Gasteiger partial charge >= 0.3 is 0 Å². The van der Waals surface area contributed by atoms with Crippen molar-refractivity contribution < 1.29 is 9.53 Å². The Labute approximate surface area is 203 Å². The summed E-state index contributed by atoms with van der Waals surface area (Å²) in [6, 6.07) is 0. The van der Waals surface area contributed by atoms with Gasteiger partial charge in [-0.25, -0.2) is 0 Å². The second kappa shape index (κ2) is 11.0. The molecule has 184 valence electrons. The summed E-state index contributed by atoms with van der Waals surface area (Å²) in [5.41, 5.74) is 0.286. The minimum atomic E-state index is 0.286. The average molecular weight is 464 g/mol. The highest BCUT2D eigenvalue weighted by Crippen LogP contribution is 2.64. The monoisotopic (exact) mass is 463 g/mol. The summed E-state index contributed by atoms with van der Waals surface area (Å²) in [4.78, 5) is 15.7. The second-order valence-electron chi connectivity index (χ2n) is 11.8. The number of hydrogen-bond donors (Lipinski definition) is 1. The summed E-state index contributed by atoms with van der Waals surface area (Å²) in [5, 5.41) is 0. The molecular weight excluding hydrogens is 414 g/mol. The van der Waals surface area contributed by atoms with Gasteiger partial charge in [-0.1, -0.05) is 6.92 Å². The Morgan fingerprint density at radius 3 is 2.44 bits per heavy atom. The van der Waals surface area contributed by atoms with Crippen molar-refractivity contribution in [3.63, 3.8) is 0 Å². The van der Waals surface area contributed by atoms with Crippen LogP contribution in [0.4, 0.5) is 0 Å². The normalized spacial score (nSPS) is 43.4. The summed E-state index contributed by atoms with van der Waals surface area (Å²) >= 11 is 3.53. The van der Waals surface area contributed by atoms with Crippen LogP contribution in [-0.2, 0) is 9.53 Å². The van der Waals surface area contributed by atoms with Crippen LogP contribution in [0.5, 0.6) is 0 Å². The first-order valence-electron chi connectivity index (χ1n) is 13.9. The van der Waals surface area contributed by atoms with E-state index in [0.29, 0.717) is 11.8 Å². The van der Waals surface area contributed by atoms with E-state index in [4.69, 9.17) is 4.74 Å². The van der Waals surface area contributed by atoms with Gasteiger partial charge < -0.3 is 9.64 Å². The molecule has 0 aromatic heterocycles. The van der Waals surface area contributed by atoms with E-state index in [2.05, 4.69) is 31.4 Å². The number of hydrogen-bond acceptors (Lipinski definition) is 3. The van der Waals surface area contributed by atoms with Crippen LogP contribution in [-0.4, -0.2) is 43.4 Å². The molecule has 3 nitrogen and oxygen atoms in total. The van der Waals surface area contributed by atoms with Crippen LogP contribution in [0.25, 0.3) is 0 Å². The van der Waals surface area contributed by atoms with Crippen molar-refractivity contribution in [1.82, 2.24) is 4.90 Å². The van der Waals surface area contributed by atoms with Crippen molar-refractivity contribution in [2.24, 2.45) is 46.8 Å². The Hall–Kier alpha value is -0.220. The molecule has 0 aromatic carbocycles. The van der Waals surface area contributed by atoms with Crippen LogP contribution in [0.15, 0.2) is 0 Å². The van der Waals surface area contributed by atoms with Gasteiger partial charge in [-0.3, -0.25) is 4.79 Å². The Bertz CT molecular complexity index is 621. The first-order chi connectivity index (χ1) is 15.6. The minimum absolute atomic E-state index is 0.286. The van der Waals surface area contributed by atoms with E-state index in [1.807, 2.05) is 0 Å². The fraction of sp³-hybridized carbons (Fsp3) is 0.964. The quantitative estimate of drug-likeness (QED) is 0.484. The molecule has 1 saturated heterocycles. The summed E-state index contributed by atoms with van der Waals surface area (Å²) in [6.45, 7) is 8.56. The van der Waals surface area contributed by atoms with E-state index >= 15 is 0 Å². The summed E-state index contributed by atoms with van der Waals surface area (Å²) in [7, 11) is 0. The highest BCUT2D eigenvalue weighted by Gasteiger charge is 2.58. The molecule has 4 aliphatic carbocycles. The summed E-state index contributed by atoms with van der Waals surface area (Å²) < 4.78 is 5.78. The van der Waals surface area contributed by atoms with E-state index in [0.717, 1.165) is 61.8 Å². The Kier molecular flexibility index (Phi) is 8.57. The third-order valence-electron chi connectivity index (χ3n) is 10.6. The molecule has 1 amide bonds. The molecule has 5 fully saturated rings. The zero-order valence-corrected chi connectivity index (χ0v) is 22.0. The molecule has 4 saturated carbocycles. The number of fused-ring (bicyclic) bond motifs is 5. The topological polar surface area (TPSA) is 29.5 Å². The Balaban J connectivity index is 0.00000119. The zero-order chi connectivity index (χ0) is 22.7. The number of piperidine rings is 1. The second-order valence-corrected chi connectivity index (χ2v) is 11.8. The van der Waals surface area contributed by atoms with E-state index in [-0.39, 0.29) is 5.41 Å². The first-order valence-corrected chi connectivity index (χ1v) is 14.8. The van der Waals surface area contributed by atoms with Gasteiger partial charge in [0.1, 0.15) is 0 Å². The summed E-state index contributed by atoms with van der Waals surface area (Å²) in [6.07, 6.45) is 17.8. The molecule has 0 N–H and O–H groups in total. The lowest BCUT2D eigenvalue weighted by molar-refractivity contribution is -0.144. The van der Waals surface area contributed by atoms with Gasteiger partial charge in [0.2, 0.25) is 5.91 Å². The van der Waals surface area contributed by atoms with Crippen molar-refractivity contribution in [2.75, 3.05) is 32.6 Å². The standard InChI is InChI=1S/C27H45NO2.CH4S/c1-3-30-18-19-7-9-21-20(17-19)8-10-23-22(21)13-14-27(2)24(23)11-12-25(27)26(29)28-15-5-4-6-16-28;1-2/h19-25H,3-18H2,1-2H3;2H,1H3. The fourth-order valence-electron chi connectivity index (χ4n) is 9.13. The Morgan fingerprint density at radius 1 is 0.938 bits per heavy atom. The van der Waals surface area contributed by atoms with Crippen LogP contribution in [0.3, 0.4) is 0 Å². The van der Waals surface area contributed by atoms with E-state index < -0.39 is 0 Å². The molecule has 4 heteroatoms. The van der Waals surface area contributed by atoms with Gasteiger partial charge in [0.15, 0.2) is 0 Å². The van der Waals surface area contributed by atoms with Crippen LogP contribution in [0.1, 0.15) is 90.9 Å². The average Bonchev–Trinajstić information content (AvgIpc) is 3.21. The maximum Gasteiger partial charge on any atom is 0.226 e. The zero-order valence-electron chi connectivity index (χ0n) is 21.1. The van der Waals surface area contributed by atoms with E-state index in [1.54, 1.807) is 6.26 Å². The predicted octanol–water partition coefficient (Wildman–Crippen LogP) is 6.47. The number of likely N-dealkylation sites (tertiary alicyclic amines) is 1. The third-order valence-corrected chi connectivity index (χ3v) is 10.6. The van der Waals surface area contributed by atoms with Crippen LogP contribution in [0.2, 0.25) is 0 Å². The van der Waals surface area contributed by atoms with Gasteiger partial charge in [-0.15, -0.1) is 0 Å². The lowest BCUT2D eigenvalue weighted by Gasteiger charge is -2.56. The lowest BCUT2D eigenvalue weighted by atomic mass is 9.49. The van der Waals surface area contributed by atoms with Crippen molar-refractivity contribution >= 4 is 18.5 Å². The SMILES string of the molecule is CCOCC1CCC2C(CCC3C2CCC2(C)C(C(=O)N4CCCCC4)CCC32)C1.CS. The van der Waals surface area contributed by atoms with Crippen molar-refractivity contribution in [3.8, 4) is 0 Å². The number of amides is 1. The molecule has 0 bridgehead atoms. The number of carbonyl (C=O) groups excluding carboxylic acids is 1. The minimum Gasteiger partial charge on any atom is -0.381 e.